The molecular weight excluding hydrogens is 380 g/mol. The molecule has 4 rings (SSSR count). The molecule has 2 aromatic carbocycles. The highest BCUT2D eigenvalue weighted by atomic mass is 32.2. The number of carbonyl (C=O) groups is 1. The van der Waals surface area contributed by atoms with Crippen LogP contribution in [0.4, 0.5) is 11.4 Å². The Morgan fingerprint density at radius 3 is 2.52 bits per heavy atom. The molecule has 0 atom stereocenters. The van der Waals surface area contributed by atoms with Crippen molar-refractivity contribution in [1.82, 2.24) is 9.55 Å². The van der Waals surface area contributed by atoms with Crippen LogP contribution in [-0.4, -0.2) is 34.3 Å². The first-order valence-corrected chi connectivity index (χ1v) is 11.1. The monoisotopic (exact) mass is 406 g/mol. The molecule has 5 nitrogen and oxygen atoms in total. The largest absolute Gasteiger partial charge is 0.372 e. The molecule has 29 heavy (non-hydrogen) atoms. The first-order chi connectivity index (χ1) is 14.3. The molecule has 3 aromatic rings. The lowest BCUT2D eigenvalue weighted by Gasteiger charge is -2.28. The number of hydrogen-bond acceptors (Lipinski definition) is 4. The number of thioether (sulfide) groups is 1. The highest BCUT2D eigenvalue weighted by Crippen LogP contribution is 2.22. The van der Waals surface area contributed by atoms with E-state index in [4.69, 9.17) is 0 Å². The van der Waals surface area contributed by atoms with Crippen LogP contribution in [-0.2, 0) is 11.3 Å². The minimum atomic E-state index is -0.0185. The van der Waals surface area contributed by atoms with Crippen molar-refractivity contribution in [2.45, 2.75) is 31.0 Å². The lowest BCUT2D eigenvalue weighted by atomic mass is 10.1. The van der Waals surface area contributed by atoms with Gasteiger partial charge in [-0.3, -0.25) is 4.79 Å². The lowest BCUT2D eigenvalue weighted by molar-refractivity contribution is -0.113. The van der Waals surface area contributed by atoms with E-state index < -0.39 is 0 Å². The first kappa shape index (κ1) is 19.6. The number of benzene rings is 2. The Hall–Kier alpha value is -2.73. The third kappa shape index (κ3) is 5.41. The normalized spacial score (nSPS) is 14.0. The molecular formula is C23H26N4OS. The Morgan fingerprint density at radius 2 is 1.76 bits per heavy atom. The number of nitrogens with zero attached hydrogens (tertiary/aromatic N) is 3. The molecule has 1 aliphatic rings. The molecule has 0 unspecified atom stereocenters. The molecule has 1 fully saturated rings. The molecule has 0 bridgehead atoms. The first-order valence-electron chi connectivity index (χ1n) is 10.1. The second-order valence-electron chi connectivity index (χ2n) is 7.25. The zero-order valence-electron chi connectivity index (χ0n) is 16.5. The molecule has 0 saturated carbocycles. The van der Waals surface area contributed by atoms with Crippen LogP contribution >= 0.6 is 11.8 Å². The fourth-order valence-corrected chi connectivity index (χ4v) is 4.33. The molecule has 1 N–H and O–H groups in total. The van der Waals surface area contributed by atoms with Crippen molar-refractivity contribution in [3.63, 3.8) is 0 Å². The zero-order valence-corrected chi connectivity index (χ0v) is 17.3. The molecule has 1 aliphatic heterocycles. The second-order valence-corrected chi connectivity index (χ2v) is 8.20. The average Bonchev–Trinajstić information content (AvgIpc) is 3.21. The fourth-order valence-electron chi connectivity index (χ4n) is 3.57. The predicted molar refractivity (Wildman–Crippen MR) is 120 cm³/mol. The Morgan fingerprint density at radius 1 is 1.00 bits per heavy atom. The van der Waals surface area contributed by atoms with Gasteiger partial charge in [0.05, 0.1) is 5.75 Å². The number of carbonyl (C=O) groups excluding carboxylic acids is 1. The van der Waals surface area contributed by atoms with Gasteiger partial charge in [0.25, 0.3) is 0 Å². The molecule has 2 heterocycles. The highest BCUT2D eigenvalue weighted by molar-refractivity contribution is 7.99. The number of rotatable bonds is 7. The summed E-state index contributed by atoms with van der Waals surface area (Å²) >= 11 is 1.46. The Bertz CT molecular complexity index is 918. The van der Waals surface area contributed by atoms with E-state index in [9.17, 15) is 4.79 Å². The van der Waals surface area contributed by atoms with Gasteiger partial charge in [-0.15, -0.1) is 0 Å². The standard InChI is InChI=1S/C23H26N4OS/c28-22(25-20-9-11-21(12-10-20)26-14-5-2-6-15-26)18-29-23-24-13-16-27(23)17-19-7-3-1-4-8-19/h1,3-4,7-13,16H,2,5-6,14-15,17-18H2,(H,25,28). The van der Waals surface area contributed by atoms with Crippen LogP contribution < -0.4 is 10.2 Å². The maximum atomic E-state index is 12.4. The van der Waals surface area contributed by atoms with E-state index >= 15 is 0 Å². The van der Waals surface area contributed by atoms with E-state index in [2.05, 4.69) is 44.0 Å². The number of piperidine rings is 1. The van der Waals surface area contributed by atoms with E-state index in [0.29, 0.717) is 5.75 Å². The van der Waals surface area contributed by atoms with Gasteiger partial charge in [-0.05, 0) is 49.1 Å². The Balaban J connectivity index is 1.29. The SMILES string of the molecule is O=C(CSc1nccn1Cc1ccccc1)Nc1ccc(N2CCCCC2)cc1. The van der Waals surface area contributed by atoms with Gasteiger partial charge in [0.1, 0.15) is 0 Å². The molecule has 6 heteroatoms. The van der Waals surface area contributed by atoms with Crippen molar-refractivity contribution < 1.29 is 4.79 Å². The molecule has 0 radical (unpaired) electrons. The molecule has 1 amide bonds. The summed E-state index contributed by atoms with van der Waals surface area (Å²) in [6.07, 6.45) is 7.58. The van der Waals surface area contributed by atoms with Crippen LogP contribution in [0.2, 0.25) is 0 Å². The summed E-state index contributed by atoms with van der Waals surface area (Å²) in [4.78, 5) is 19.2. The molecule has 1 saturated heterocycles. The number of nitrogens with one attached hydrogen (secondary N) is 1. The molecule has 0 spiro atoms. The van der Waals surface area contributed by atoms with Gasteiger partial charge < -0.3 is 14.8 Å². The van der Waals surface area contributed by atoms with Crippen molar-refractivity contribution in [2.24, 2.45) is 0 Å². The lowest BCUT2D eigenvalue weighted by Crippen LogP contribution is -2.29. The summed E-state index contributed by atoms with van der Waals surface area (Å²) < 4.78 is 2.07. The van der Waals surface area contributed by atoms with Gasteiger partial charge in [-0.2, -0.15) is 0 Å². The van der Waals surface area contributed by atoms with Crippen LogP contribution in [0, 0.1) is 0 Å². The molecule has 1 aromatic heterocycles. The topological polar surface area (TPSA) is 50.2 Å². The molecule has 150 valence electrons. The minimum Gasteiger partial charge on any atom is -0.372 e. The smallest absolute Gasteiger partial charge is 0.234 e. The van der Waals surface area contributed by atoms with Crippen molar-refractivity contribution in [1.29, 1.82) is 0 Å². The number of hydrogen-bond donors (Lipinski definition) is 1. The van der Waals surface area contributed by atoms with Crippen molar-refractivity contribution in [3.05, 3.63) is 72.6 Å². The minimum absolute atomic E-state index is 0.0185. The van der Waals surface area contributed by atoms with Gasteiger partial charge >= 0.3 is 0 Å². The van der Waals surface area contributed by atoms with E-state index in [1.54, 1.807) is 6.20 Å². The van der Waals surface area contributed by atoms with Gasteiger partial charge in [-0.25, -0.2) is 4.98 Å². The number of aromatic nitrogens is 2. The maximum absolute atomic E-state index is 12.4. The zero-order chi connectivity index (χ0) is 19.9. The van der Waals surface area contributed by atoms with Crippen molar-refractivity contribution >= 4 is 29.0 Å². The van der Waals surface area contributed by atoms with E-state index in [1.807, 2.05) is 36.5 Å². The second kappa shape index (κ2) is 9.65. The number of amides is 1. The number of imidazole rings is 1. The van der Waals surface area contributed by atoms with Crippen LogP contribution in [0.3, 0.4) is 0 Å². The van der Waals surface area contributed by atoms with E-state index in [0.717, 1.165) is 30.5 Å². The van der Waals surface area contributed by atoms with Gasteiger partial charge in [0.15, 0.2) is 5.16 Å². The summed E-state index contributed by atoms with van der Waals surface area (Å²) in [5.41, 5.74) is 3.29. The molecule has 0 aliphatic carbocycles. The van der Waals surface area contributed by atoms with Crippen LogP contribution in [0.5, 0.6) is 0 Å². The van der Waals surface area contributed by atoms with Crippen LogP contribution in [0.25, 0.3) is 0 Å². The number of anilines is 2. The quantitative estimate of drug-likeness (QED) is 0.580. The van der Waals surface area contributed by atoms with E-state index in [-0.39, 0.29) is 5.91 Å². The fraction of sp³-hybridized carbons (Fsp3) is 0.304. The Kier molecular flexibility index (Phi) is 6.52. The van der Waals surface area contributed by atoms with Gasteiger partial charge in [-0.1, -0.05) is 42.1 Å². The van der Waals surface area contributed by atoms with Crippen molar-refractivity contribution in [3.8, 4) is 0 Å². The van der Waals surface area contributed by atoms with E-state index in [1.165, 1.54) is 42.3 Å². The summed E-state index contributed by atoms with van der Waals surface area (Å²) in [6, 6.07) is 18.4. The summed E-state index contributed by atoms with van der Waals surface area (Å²) in [5.74, 6) is 0.314. The van der Waals surface area contributed by atoms with Crippen molar-refractivity contribution in [2.75, 3.05) is 29.1 Å². The third-order valence-electron chi connectivity index (χ3n) is 5.08. The maximum Gasteiger partial charge on any atom is 0.234 e. The summed E-state index contributed by atoms with van der Waals surface area (Å²) in [6.45, 7) is 3.00. The predicted octanol–water partition coefficient (Wildman–Crippen LogP) is 4.65. The van der Waals surface area contributed by atoms with Crippen LogP contribution in [0.15, 0.2) is 72.1 Å². The van der Waals surface area contributed by atoms with Gasteiger partial charge in [0.2, 0.25) is 5.91 Å². The Labute approximate surface area is 176 Å². The van der Waals surface area contributed by atoms with Crippen LogP contribution in [0.1, 0.15) is 24.8 Å². The van der Waals surface area contributed by atoms with Gasteiger partial charge in [0, 0.05) is 43.4 Å². The highest BCUT2D eigenvalue weighted by Gasteiger charge is 2.12. The third-order valence-corrected chi connectivity index (χ3v) is 6.08. The average molecular weight is 407 g/mol. The summed E-state index contributed by atoms with van der Waals surface area (Å²) in [7, 11) is 0. The summed E-state index contributed by atoms with van der Waals surface area (Å²) in [5, 5.41) is 3.84.